The monoisotopic (exact) mass is 328 g/mol. The summed E-state index contributed by atoms with van der Waals surface area (Å²) in [6.07, 6.45) is 1.13. The minimum Gasteiger partial charge on any atom is -0.224 e. The van der Waals surface area contributed by atoms with E-state index in [-0.39, 0.29) is 4.90 Å². The molecule has 0 spiro atoms. The van der Waals surface area contributed by atoms with E-state index in [1.165, 1.54) is 18.2 Å². The fraction of sp³-hybridized carbons (Fsp3) is 0.0769. The highest BCUT2D eigenvalue weighted by Crippen LogP contribution is 2.27. The first kappa shape index (κ1) is 13.2. The van der Waals surface area contributed by atoms with Crippen LogP contribution in [-0.2, 0) is 9.84 Å². The van der Waals surface area contributed by atoms with Gasteiger partial charge in [0.25, 0.3) is 0 Å². The van der Waals surface area contributed by atoms with Crippen molar-refractivity contribution < 1.29 is 12.8 Å². The van der Waals surface area contributed by atoms with E-state index in [0.717, 1.165) is 6.26 Å². The van der Waals surface area contributed by atoms with E-state index in [4.69, 9.17) is 0 Å². The van der Waals surface area contributed by atoms with Gasteiger partial charge in [0, 0.05) is 16.3 Å². The number of rotatable bonds is 2. The Labute approximate surface area is 114 Å². The Balaban J connectivity index is 2.58. The Bertz CT molecular complexity index is 696. The molecule has 2 nitrogen and oxygen atoms in total. The molecule has 0 amide bonds. The van der Waals surface area contributed by atoms with E-state index >= 15 is 0 Å². The molecule has 2 aromatic rings. The van der Waals surface area contributed by atoms with E-state index in [1.807, 2.05) is 0 Å². The highest BCUT2D eigenvalue weighted by atomic mass is 79.9. The molecular formula is C13H10BrFO2S. The third kappa shape index (κ3) is 2.79. The summed E-state index contributed by atoms with van der Waals surface area (Å²) in [4.78, 5) is 0.183. The van der Waals surface area contributed by atoms with Crippen LogP contribution in [0.25, 0.3) is 11.1 Å². The maximum atomic E-state index is 13.8. The van der Waals surface area contributed by atoms with E-state index in [0.29, 0.717) is 15.6 Å². The van der Waals surface area contributed by atoms with Crippen molar-refractivity contribution in [2.45, 2.75) is 4.90 Å². The minimum absolute atomic E-state index is 0.183. The molecule has 94 valence electrons. The predicted molar refractivity (Wildman–Crippen MR) is 72.6 cm³/mol. The molecule has 2 aromatic carbocycles. The smallest absolute Gasteiger partial charge is 0.175 e. The van der Waals surface area contributed by atoms with Crippen molar-refractivity contribution in [1.82, 2.24) is 0 Å². The largest absolute Gasteiger partial charge is 0.224 e. The van der Waals surface area contributed by atoms with Gasteiger partial charge in [0.1, 0.15) is 5.82 Å². The number of hydrogen-bond donors (Lipinski definition) is 0. The lowest BCUT2D eigenvalue weighted by Gasteiger charge is -2.06. The fourth-order valence-corrected chi connectivity index (χ4v) is 2.62. The first-order valence-corrected chi connectivity index (χ1v) is 7.82. The molecule has 0 N–H and O–H groups in total. The minimum atomic E-state index is -3.29. The maximum Gasteiger partial charge on any atom is 0.175 e. The van der Waals surface area contributed by atoms with E-state index in [1.54, 1.807) is 24.3 Å². The SMILES string of the molecule is CS(=O)(=O)c1cccc(-c2ccc(Br)cc2F)c1. The van der Waals surface area contributed by atoms with Crippen LogP contribution >= 0.6 is 15.9 Å². The average Bonchev–Trinajstić information content (AvgIpc) is 2.28. The molecule has 0 radical (unpaired) electrons. The standard InChI is InChI=1S/C13H10BrFO2S/c1-18(16,17)11-4-2-3-9(7-11)12-6-5-10(14)8-13(12)15/h2-8H,1H3. The van der Waals surface area contributed by atoms with Gasteiger partial charge in [-0.25, -0.2) is 12.8 Å². The summed E-state index contributed by atoms with van der Waals surface area (Å²) in [6.45, 7) is 0. The van der Waals surface area contributed by atoms with Crippen molar-refractivity contribution in [3.63, 3.8) is 0 Å². The Morgan fingerprint density at radius 3 is 2.44 bits per heavy atom. The molecule has 0 aliphatic carbocycles. The molecular weight excluding hydrogens is 319 g/mol. The molecule has 0 aromatic heterocycles. The lowest BCUT2D eigenvalue weighted by atomic mass is 10.1. The summed E-state index contributed by atoms with van der Waals surface area (Å²) in [5.41, 5.74) is 0.923. The van der Waals surface area contributed by atoms with Crippen LogP contribution in [0.1, 0.15) is 0 Å². The second kappa shape index (κ2) is 4.82. The van der Waals surface area contributed by atoms with Gasteiger partial charge in [-0.05, 0) is 29.8 Å². The Hall–Kier alpha value is -1.20. The summed E-state index contributed by atoms with van der Waals surface area (Å²) in [7, 11) is -3.29. The third-order valence-corrected chi connectivity index (χ3v) is 4.11. The molecule has 2 rings (SSSR count). The van der Waals surface area contributed by atoms with Crippen molar-refractivity contribution in [3.8, 4) is 11.1 Å². The Morgan fingerprint density at radius 2 is 1.83 bits per heavy atom. The molecule has 0 aliphatic heterocycles. The molecule has 0 heterocycles. The molecule has 18 heavy (non-hydrogen) atoms. The van der Waals surface area contributed by atoms with Crippen LogP contribution in [0.3, 0.4) is 0 Å². The van der Waals surface area contributed by atoms with Crippen molar-refractivity contribution in [3.05, 3.63) is 52.8 Å². The van der Waals surface area contributed by atoms with Gasteiger partial charge < -0.3 is 0 Å². The zero-order valence-electron chi connectivity index (χ0n) is 9.52. The number of benzene rings is 2. The maximum absolute atomic E-state index is 13.8. The second-order valence-corrected chi connectivity index (χ2v) is 6.86. The van der Waals surface area contributed by atoms with Gasteiger partial charge in [-0.2, -0.15) is 0 Å². The van der Waals surface area contributed by atoms with E-state index < -0.39 is 15.7 Å². The molecule has 0 fully saturated rings. The summed E-state index contributed by atoms with van der Waals surface area (Å²) >= 11 is 3.18. The molecule has 0 saturated heterocycles. The van der Waals surface area contributed by atoms with Crippen LogP contribution in [0.4, 0.5) is 4.39 Å². The Morgan fingerprint density at radius 1 is 1.11 bits per heavy atom. The lowest BCUT2D eigenvalue weighted by molar-refractivity contribution is 0.602. The quantitative estimate of drug-likeness (QED) is 0.843. The Kier molecular flexibility index (Phi) is 3.54. The average molecular weight is 329 g/mol. The lowest BCUT2D eigenvalue weighted by Crippen LogP contribution is -1.97. The fourth-order valence-electron chi connectivity index (χ4n) is 1.62. The van der Waals surface area contributed by atoms with Gasteiger partial charge >= 0.3 is 0 Å². The van der Waals surface area contributed by atoms with Crippen LogP contribution in [0.15, 0.2) is 51.8 Å². The molecule has 5 heteroatoms. The molecule has 0 unspecified atom stereocenters. The van der Waals surface area contributed by atoms with Crippen LogP contribution in [0.2, 0.25) is 0 Å². The van der Waals surface area contributed by atoms with Gasteiger partial charge in [0.05, 0.1) is 4.90 Å². The van der Waals surface area contributed by atoms with Crippen molar-refractivity contribution in [1.29, 1.82) is 0 Å². The zero-order valence-corrected chi connectivity index (χ0v) is 11.9. The first-order chi connectivity index (χ1) is 8.38. The van der Waals surface area contributed by atoms with Crippen LogP contribution < -0.4 is 0 Å². The summed E-state index contributed by atoms with van der Waals surface area (Å²) in [5.74, 6) is -0.393. The number of halogens is 2. The van der Waals surface area contributed by atoms with Crippen molar-refractivity contribution in [2.75, 3.05) is 6.26 Å². The zero-order chi connectivity index (χ0) is 13.3. The van der Waals surface area contributed by atoms with Gasteiger partial charge in [0.2, 0.25) is 0 Å². The predicted octanol–water partition coefficient (Wildman–Crippen LogP) is 3.66. The van der Waals surface area contributed by atoms with Gasteiger partial charge in [-0.15, -0.1) is 0 Å². The summed E-state index contributed by atoms with van der Waals surface area (Å²) in [6, 6.07) is 10.9. The van der Waals surface area contributed by atoms with Crippen molar-refractivity contribution in [2.24, 2.45) is 0 Å². The normalized spacial score (nSPS) is 11.5. The first-order valence-electron chi connectivity index (χ1n) is 5.13. The van der Waals surface area contributed by atoms with Crippen LogP contribution in [-0.4, -0.2) is 14.7 Å². The second-order valence-electron chi connectivity index (χ2n) is 3.92. The number of hydrogen-bond acceptors (Lipinski definition) is 2. The highest BCUT2D eigenvalue weighted by Gasteiger charge is 2.10. The van der Waals surface area contributed by atoms with Crippen LogP contribution in [0.5, 0.6) is 0 Å². The molecule has 0 atom stereocenters. The summed E-state index contributed by atoms with van der Waals surface area (Å²) in [5, 5.41) is 0. The van der Waals surface area contributed by atoms with Crippen molar-refractivity contribution >= 4 is 25.8 Å². The third-order valence-electron chi connectivity index (χ3n) is 2.50. The van der Waals surface area contributed by atoms with Gasteiger partial charge in [0.15, 0.2) is 9.84 Å². The van der Waals surface area contributed by atoms with Crippen LogP contribution in [0, 0.1) is 5.82 Å². The summed E-state index contributed by atoms with van der Waals surface area (Å²) < 4.78 is 37.3. The van der Waals surface area contributed by atoms with E-state index in [9.17, 15) is 12.8 Å². The molecule has 0 aliphatic rings. The van der Waals surface area contributed by atoms with Gasteiger partial charge in [-0.3, -0.25) is 0 Å². The number of sulfone groups is 1. The van der Waals surface area contributed by atoms with E-state index in [2.05, 4.69) is 15.9 Å². The topological polar surface area (TPSA) is 34.1 Å². The highest BCUT2D eigenvalue weighted by molar-refractivity contribution is 9.10. The molecule has 0 saturated carbocycles. The van der Waals surface area contributed by atoms with Gasteiger partial charge in [-0.1, -0.05) is 34.1 Å². The molecule has 0 bridgehead atoms.